The van der Waals surface area contributed by atoms with E-state index in [0.717, 1.165) is 15.6 Å². The van der Waals surface area contributed by atoms with E-state index >= 15 is 0 Å². The minimum absolute atomic E-state index is 0.315. The number of nitrogens with zero attached hydrogens (tertiary/aromatic N) is 1. The molecule has 1 amide bonds. The summed E-state index contributed by atoms with van der Waals surface area (Å²) in [5.41, 5.74) is 4.81. The fourth-order valence-corrected chi connectivity index (χ4v) is 3.11. The summed E-state index contributed by atoms with van der Waals surface area (Å²) in [6.07, 6.45) is 1.54. The first-order valence-electron chi connectivity index (χ1n) is 9.12. The van der Waals surface area contributed by atoms with Crippen LogP contribution in [0.3, 0.4) is 0 Å². The molecule has 0 atom stereocenters. The number of amides is 1. The summed E-state index contributed by atoms with van der Waals surface area (Å²) < 4.78 is 17.2. The molecule has 3 rings (SSSR count). The minimum atomic E-state index is -0.315. The molecule has 30 heavy (non-hydrogen) atoms. The summed E-state index contributed by atoms with van der Waals surface area (Å²) in [6.45, 7) is 0.445. The summed E-state index contributed by atoms with van der Waals surface area (Å²) in [4.78, 5) is 12.3. The molecule has 3 aromatic rings. The number of hydrazone groups is 1. The molecule has 0 heterocycles. The predicted molar refractivity (Wildman–Crippen MR) is 120 cm³/mol. The molecule has 0 bridgehead atoms. The Morgan fingerprint density at radius 1 is 1.00 bits per heavy atom. The Morgan fingerprint density at radius 3 is 2.47 bits per heavy atom. The van der Waals surface area contributed by atoms with Gasteiger partial charge >= 0.3 is 0 Å². The lowest BCUT2D eigenvalue weighted by atomic mass is 10.2. The first-order chi connectivity index (χ1) is 14.6. The van der Waals surface area contributed by atoms with E-state index in [-0.39, 0.29) is 5.91 Å². The van der Waals surface area contributed by atoms with Crippen LogP contribution in [0.2, 0.25) is 0 Å². The van der Waals surface area contributed by atoms with Crippen LogP contribution in [-0.2, 0) is 6.61 Å². The zero-order valence-corrected chi connectivity index (χ0v) is 18.2. The van der Waals surface area contributed by atoms with Crippen LogP contribution in [0.1, 0.15) is 21.5 Å². The van der Waals surface area contributed by atoms with Gasteiger partial charge in [-0.2, -0.15) is 5.10 Å². The van der Waals surface area contributed by atoms with E-state index in [1.165, 1.54) is 6.21 Å². The Hall–Kier alpha value is -3.32. The fraction of sp³-hybridized carbons (Fsp3) is 0.130. The Kier molecular flexibility index (Phi) is 7.45. The molecule has 0 radical (unpaired) electrons. The van der Waals surface area contributed by atoms with Gasteiger partial charge in [0.2, 0.25) is 0 Å². The molecule has 0 spiro atoms. The molecule has 1 N–H and O–H groups in total. The number of hydrogen-bond acceptors (Lipinski definition) is 5. The van der Waals surface area contributed by atoms with E-state index in [2.05, 4.69) is 26.5 Å². The van der Waals surface area contributed by atoms with Gasteiger partial charge in [-0.05, 0) is 65.7 Å². The Bertz CT molecular complexity index is 1040. The predicted octanol–water partition coefficient (Wildman–Crippen LogP) is 4.81. The summed E-state index contributed by atoms with van der Waals surface area (Å²) in [5.74, 6) is 1.58. The van der Waals surface area contributed by atoms with Crippen molar-refractivity contribution in [2.75, 3.05) is 14.2 Å². The number of methoxy groups -OCH3 is 2. The van der Waals surface area contributed by atoms with E-state index < -0.39 is 0 Å². The van der Waals surface area contributed by atoms with Crippen LogP contribution in [0.15, 0.2) is 76.3 Å². The number of hydrogen-bond donors (Lipinski definition) is 1. The molecule has 154 valence electrons. The maximum atomic E-state index is 12.3. The molecule has 0 aliphatic carbocycles. The highest BCUT2D eigenvalue weighted by molar-refractivity contribution is 9.10. The topological polar surface area (TPSA) is 69.2 Å². The summed E-state index contributed by atoms with van der Waals surface area (Å²) in [5, 5.41) is 4.00. The average molecular weight is 469 g/mol. The molecule has 0 saturated heterocycles. The van der Waals surface area contributed by atoms with E-state index in [9.17, 15) is 4.79 Å². The number of nitrogens with one attached hydrogen (secondary N) is 1. The van der Waals surface area contributed by atoms with Crippen molar-refractivity contribution in [1.82, 2.24) is 5.43 Å². The molecule has 3 aromatic carbocycles. The molecule has 6 nitrogen and oxygen atoms in total. The van der Waals surface area contributed by atoms with Gasteiger partial charge in [-0.3, -0.25) is 4.79 Å². The molecule has 0 saturated carbocycles. The van der Waals surface area contributed by atoms with Crippen molar-refractivity contribution in [3.05, 3.63) is 87.9 Å². The van der Waals surface area contributed by atoms with E-state index in [1.807, 2.05) is 30.3 Å². The quantitative estimate of drug-likeness (QED) is 0.380. The zero-order valence-electron chi connectivity index (χ0n) is 16.6. The summed E-state index contributed by atoms with van der Waals surface area (Å²) >= 11 is 3.44. The van der Waals surface area contributed by atoms with Crippen molar-refractivity contribution in [2.24, 2.45) is 5.10 Å². The van der Waals surface area contributed by atoms with Gasteiger partial charge in [-0.1, -0.05) is 28.1 Å². The van der Waals surface area contributed by atoms with Crippen molar-refractivity contribution in [3.63, 3.8) is 0 Å². The highest BCUT2D eigenvalue weighted by Gasteiger charge is 2.06. The Balaban J connectivity index is 1.55. The largest absolute Gasteiger partial charge is 0.493 e. The minimum Gasteiger partial charge on any atom is -0.493 e. The second kappa shape index (κ2) is 10.5. The second-order valence-corrected chi connectivity index (χ2v) is 7.17. The lowest BCUT2D eigenvalue weighted by Crippen LogP contribution is -2.17. The molecule has 0 aliphatic heterocycles. The van der Waals surface area contributed by atoms with Crippen LogP contribution in [0, 0.1) is 0 Å². The number of carbonyl (C=O) groups excluding carboxylic acids is 1. The molecule has 0 fully saturated rings. The molecule has 0 aliphatic rings. The van der Waals surface area contributed by atoms with Crippen molar-refractivity contribution >= 4 is 28.1 Å². The van der Waals surface area contributed by atoms with Crippen molar-refractivity contribution in [1.29, 1.82) is 0 Å². The maximum Gasteiger partial charge on any atom is 0.271 e. The third-order valence-corrected chi connectivity index (χ3v) is 4.69. The lowest BCUT2D eigenvalue weighted by Gasteiger charge is -2.08. The zero-order chi connectivity index (χ0) is 21.3. The standard InChI is InChI=1S/C23H21BrN2O4/c1-28-21-11-6-16(13-22(21)29-2)14-25-26-23(27)18-7-9-20(10-8-18)30-15-17-4-3-5-19(24)12-17/h3-14H,15H2,1-2H3,(H,26,27)/b25-14+. The molecular formula is C23H21BrN2O4. The van der Waals surface area contributed by atoms with Crippen LogP contribution < -0.4 is 19.6 Å². The normalized spacial score (nSPS) is 10.6. The Labute approximate surface area is 183 Å². The SMILES string of the molecule is COc1ccc(/C=N/NC(=O)c2ccc(OCc3cccc(Br)c3)cc2)cc1OC. The average Bonchev–Trinajstić information content (AvgIpc) is 2.78. The van der Waals surface area contributed by atoms with Gasteiger partial charge < -0.3 is 14.2 Å². The van der Waals surface area contributed by atoms with Gasteiger partial charge in [-0.25, -0.2) is 5.43 Å². The van der Waals surface area contributed by atoms with Gasteiger partial charge in [0.15, 0.2) is 11.5 Å². The van der Waals surface area contributed by atoms with Crippen LogP contribution in [-0.4, -0.2) is 26.3 Å². The number of halogens is 1. The molecule has 0 aromatic heterocycles. The summed E-state index contributed by atoms with van der Waals surface area (Å²) in [7, 11) is 3.13. The lowest BCUT2D eigenvalue weighted by molar-refractivity contribution is 0.0955. The fourth-order valence-electron chi connectivity index (χ4n) is 2.66. The van der Waals surface area contributed by atoms with Gasteiger partial charge in [0, 0.05) is 10.0 Å². The molecular weight excluding hydrogens is 448 g/mol. The van der Waals surface area contributed by atoms with Gasteiger partial charge in [0.25, 0.3) is 5.91 Å². The van der Waals surface area contributed by atoms with Crippen LogP contribution >= 0.6 is 15.9 Å². The van der Waals surface area contributed by atoms with Crippen LogP contribution in [0.25, 0.3) is 0 Å². The first-order valence-corrected chi connectivity index (χ1v) is 9.91. The van der Waals surface area contributed by atoms with Crippen molar-refractivity contribution in [2.45, 2.75) is 6.61 Å². The van der Waals surface area contributed by atoms with Crippen LogP contribution in [0.5, 0.6) is 17.2 Å². The van der Waals surface area contributed by atoms with E-state index in [0.29, 0.717) is 29.4 Å². The number of ether oxygens (including phenoxy) is 3. The van der Waals surface area contributed by atoms with Crippen LogP contribution in [0.4, 0.5) is 0 Å². The summed E-state index contributed by atoms with van der Waals surface area (Å²) in [6, 6.07) is 20.2. The first kappa shape index (κ1) is 21.4. The third kappa shape index (κ3) is 5.84. The number of rotatable bonds is 8. The maximum absolute atomic E-state index is 12.3. The Morgan fingerprint density at radius 2 is 1.77 bits per heavy atom. The smallest absolute Gasteiger partial charge is 0.271 e. The van der Waals surface area contributed by atoms with Gasteiger partial charge in [-0.15, -0.1) is 0 Å². The van der Waals surface area contributed by atoms with E-state index in [4.69, 9.17) is 14.2 Å². The van der Waals surface area contributed by atoms with E-state index in [1.54, 1.807) is 50.6 Å². The van der Waals surface area contributed by atoms with Gasteiger partial charge in [0.05, 0.1) is 20.4 Å². The van der Waals surface area contributed by atoms with Crippen molar-refractivity contribution < 1.29 is 19.0 Å². The monoisotopic (exact) mass is 468 g/mol. The van der Waals surface area contributed by atoms with Gasteiger partial charge in [0.1, 0.15) is 12.4 Å². The highest BCUT2D eigenvalue weighted by atomic mass is 79.9. The van der Waals surface area contributed by atoms with Crippen molar-refractivity contribution in [3.8, 4) is 17.2 Å². The third-order valence-electron chi connectivity index (χ3n) is 4.20. The molecule has 0 unspecified atom stereocenters. The number of carbonyl (C=O) groups is 1. The highest BCUT2D eigenvalue weighted by Crippen LogP contribution is 2.26. The molecule has 7 heteroatoms. The number of benzene rings is 3. The second-order valence-electron chi connectivity index (χ2n) is 6.26.